The standard InChI is InChI=1S/C16H29N3O6S/c1-9(21)13(16(24)25)7-12(26)5-10(6-14(18)22)15(23)19(2)4-3-11(17)8-20/h9-11,13,20-21H,3-8,17H2,1-2H3,(H2,18,22)(H,24,25)/t9?,10-,11+,13-/m0/s1. The zero-order chi connectivity index (χ0) is 20.4. The lowest BCUT2D eigenvalue weighted by atomic mass is 9.91. The molecular formula is C16H29N3O6S. The highest BCUT2D eigenvalue weighted by Crippen LogP contribution is 2.19. The third-order valence-electron chi connectivity index (χ3n) is 4.06. The second-order valence-corrected chi connectivity index (χ2v) is 7.07. The minimum atomic E-state index is -1.18. The van der Waals surface area contributed by atoms with Crippen LogP contribution in [0, 0.1) is 11.8 Å². The molecule has 0 heterocycles. The van der Waals surface area contributed by atoms with Crippen LogP contribution in [0.2, 0.25) is 0 Å². The number of hydrogen-bond donors (Lipinski definition) is 5. The van der Waals surface area contributed by atoms with Crippen LogP contribution in [0.15, 0.2) is 0 Å². The number of carboxylic acid groups (broad SMARTS) is 1. The lowest BCUT2D eigenvalue weighted by molar-refractivity contribution is -0.144. The van der Waals surface area contributed by atoms with Crippen molar-refractivity contribution in [3.8, 4) is 0 Å². The lowest BCUT2D eigenvalue weighted by Crippen LogP contribution is -2.39. The number of amides is 2. The molecule has 0 aliphatic carbocycles. The first-order chi connectivity index (χ1) is 12.0. The summed E-state index contributed by atoms with van der Waals surface area (Å²) in [6.45, 7) is 1.44. The van der Waals surface area contributed by atoms with Gasteiger partial charge in [-0.15, -0.1) is 0 Å². The zero-order valence-electron chi connectivity index (χ0n) is 15.1. The highest BCUT2D eigenvalue weighted by Gasteiger charge is 2.29. The van der Waals surface area contributed by atoms with Gasteiger partial charge in [0.1, 0.15) is 0 Å². The van der Waals surface area contributed by atoms with Gasteiger partial charge >= 0.3 is 5.97 Å². The van der Waals surface area contributed by atoms with Gasteiger partial charge in [-0.25, -0.2) is 0 Å². The van der Waals surface area contributed by atoms with Gasteiger partial charge in [-0.2, -0.15) is 0 Å². The summed E-state index contributed by atoms with van der Waals surface area (Å²) in [6, 6.07) is -0.455. The molecule has 0 aliphatic rings. The molecule has 0 aliphatic heterocycles. The van der Waals surface area contributed by atoms with Gasteiger partial charge < -0.3 is 31.7 Å². The van der Waals surface area contributed by atoms with Crippen LogP contribution >= 0.6 is 12.2 Å². The van der Waals surface area contributed by atoms with Crippen molar-refractivity contribution in [2.24, 2.45) is 23.3 Å². The Hall–Kier alpha value is -1.62. The number of carbonyl (C=O) groups excluding carboxylic acids is 2. The SMILES string of the molecule is CC(O)[C@H](CC(=S)C[C@@H](CC(N)=O)C(=O)N(C)CC[C@@H](N)CO)C(=O)O. The molecule has 1 unspecified atom stereocenters. The summed E-state index contributed by atoms with van der Waals surface area (Å²) in [4.78, 5) is 36.7. The molecule has 0 saturated heterocycles. The summed E-state index contributed by atoms with van der Waals surface area (Å²) < 4.78 is 0. The fourth-order valence-corrected chi connectivity index (χ4v) is 2.81. The highest BCUT2D eigenvalue weighted by atomic mass is 32.1. The number of nitrogens with zero attached hydrogens (tertiary/aromatic N) is 1. The van der Waals surface area contributed by atoms with Gasteiger partial charge in [0.05, 0.1) is 24.5 Å². The molecule has 0 aromatic rings. The lowest BCUT2D eigenvalue weighted by Gasteiger charge is -2.25. The van der Waals surface area contributed by atoms with Gasteiger partial charge in [0.2, 0.25) is 11.8 Å². The highest BCUT2D eigenvalue weighted by molar-refractivity contribution is 7.80. The zero-order valence-corrected chi connectivity index (χ0v) is 15.9. The van der Waals surface area contributed by atoms with Crippen LogP contribution < -0.4 is 11.5 Å². The Kier molecular flexibility index (Phi) is 11.2. The molecule has 4 atom stereocenters. The normalized spacial score (nSPS) is 15.6. The van der Waals surface area contributed by atoms with Crippen molar-refractivity contribution in [3.05, 3.63) is 0 Å². The monoisotopic (exact) mass is 391 g/mol. The van der Waals surface area contributed by atoms with Gasteiger partial charge in [-0.05, 0) is 31.1 Å². The summed E-state index contributed by atoms with van der Waals surface area (Å²) in [5.74, 6) is -4.10. The number of primary amides is 1. The number of aliphatic hydroxyl groups excluding tert-OH is 2. The van der Waals surface area contributed by atoms with Crippen molar-refractivity contribution in [3.63, 3.8) is 0 Å². The molecule has 0 aromatic carbocycles. The molecule has 0 fully saturated rings. The number of carbonyl (C=O) groups is 3. The van der Waals surface area contributed by atoms with E-state index in [0.29, 0.717) is 6.42 Å². The van der Waals surface area contributed by atoms with Crippen LogP contribution in [0.25, 0.3) is 0 Å². The molecule has 0 bridgehead atoms. The third-order valence-corrected chi connectivity index (χ3v) is 4.40. The molecule has 0 saturated carbocycles. The van der Waals surface area contributed by atoms with E-state index >= 15 is 0 Å². The van der Waals surface area contributed by atoms with E-state index in [4.69, 9.17) is 33.9 Å². The molecule has 2 amide bonds. The van der Waals surface area contributed by atoms with E-state index in [2.05, 4.69) is 0 Å². The fraction of sp³-hybridized carbons (Fsp3) is 0.750. The number of thiocarbonyl (C=S) groups is 1. The number of nitrogens with two attached hydrogens (primary N) is 2. The van der Waals surface area contributed by atoms with Crippen molar-refractivity contribution in [2.75, 3.05) is 20.2 Å². The van der Waals surface area contributed by atoms with E-state index in [1.165, 1.54) is 11.8 Å². The molecule has 0 rings (SSSR count). The third kappa shape index (κ3) is 9.18. The van der Waals surface area contributed by atoms with Crippen molar-refractivity contribution in [1.29, 1.82) is 0 Å². The molecule has 7 N–H and O–H groups in total. The summed E-state index contributed by atoms with van der Waals surface area (Å²) in [5, 5.41) is 27.6. The van der Waals surface area contributed by atoms with Crippen molar-refractivity contribution < 1.29 is 29.7 Å². The van der Waals surface area contributed by atoms with Crippen LogP contribution in [0.1, 0.15) is 32.6 Å². The van der Waals surface area contributed by atoms with Crippen LogP contribution in [0.4, 0.5) is 0 Å². The summed E-state index contributed by atoms with van der Waals surface area (Å²) in [5.41, 5.74) is 10.8. The number of aliphatic carboxylic acids is 1. The van der Waals surface area contributed by atoms with Crippen molar-refractivity contribution in [2.45, 2.75) is 44.8 Å². The predicted molar refractivity (Wildman–Crippen MR) is 99.3 cm³/mol. The Morgan fingerprint density at radius 1 is 1.19 bits per heavy atom. The smallest absolute Gasteiger partial charge is 0.309 e. The number of rotatable bonds is 13. The molecule has 9 nitrogen and oxygen atoms in total. The second-order valence-electron chi connectivity index (χ2n) is 6.49. The number of aliphatic hydroxyl groups is 2. The van der Waals surface area contributed by atoms with Crippen molar-refractivity contribution >= 4 is 34.9 Å². The Morgan fingerprint density at radius 3 is 2.19 bits per heavy atom. The Labute approximate surface area is 158 Å². The van der Waals surface area contributed by atoms with E-state index in [-0.39, 0.29) is 43.2 Å². The molecule has 0 spiro atoms. The van der Waals surface area contributed by atoms with E-state index in [9.17, 15) is 19.5 Å². The summed E-state index contributed by atoms with van der Waals surface area (Å²) >= 11 is 5.18. The molecule has 0 aromatic heterocycles. The Morgan fingerprint density at radius 2 is 1.77 bits per heavy atom. The van der Waals surface area contributed by atoms with E-state index in [1.807, 2.05) is 0 Å². The van der Waals surface area contributed by atoms with Gasteiger partial charge in [-0.1, -0.05) is 12.2 Å². The van der Waals surface area contributed by atoms with E-state index in [1.54, 1.807) is 7.05 Å². The first-order valence-electron chi connectivity index (χ1n) is 8.31. The van der Waals surface area contributed by atoms with Crippen molar-refractivity contribution in [1.82, 2.24) is 4.90 Å². The van der Waals surface area contributed by atoms with Crippen LogP contribution in [0.5, 0.6) is 0 Å². The van der Waals surface area contributed by atoms with E-state index in [0.717, 1.165) is 0 Å². The summed E-state index contributed by atoms with van der Waals surface area (Å²) in [7, 11) is 1.54. The maximum absolute atomic E-state index is 12.6. The van der Waals surface area contributed by atoms with E-state index < -0.39 is 35.9 Å². The minimum absolute atomic E-state index is 0.0179. The quantitative estimate of drug-likeness (QED) is 0.246. The van der Waals surface area contributed by atoms with Crippen LogP contribution in [-0.2, 0) is 14.4 Å². The average molecular weight is 391 g/mol. The maximum Gasteiger partial charge on any atom is 0.309 e. The molecular weight excluding hydrogens is 362 g/mol. The molecule has 10 heteroatoms. The molecule has 0 radical (unpaired) electrons. The molecule has 150 valence electrons. The topological polar surface area (TPSA) is 167 Å². The Balaban J connectivity index is 4.97. The van der Waals surface area contributed by atoms with Crippen LogP contribution in [-0.4, -0.2) is 75.2 Å². The minimum Gasteiger partial charge on any atom is -0.481 e. The van der Waals surface area contributed by atoms with Gasteiger partial charge in [0.15, 0.2) is 0 Å². The van der Waals surface area contributed by atoms with Gasteiger partial charge in [0.25, 0.3) is 0 Å². The molecule has 26 heavy (non-hydrogen) atoms. The van der Waals surface area contributed by atoms with Gasteiger partial charge in [0, 0.05) is 26.1 Å². The number of carboxylic acids is 1. The first-order valence-corrected chi connectivity index (χ1v) is 8.72. The summed E-state index contributed by atoms with van der Waals surface area (Å²) in [6.07, 6.45) is -0.996. The largest absolute Gasteiger partial charge is 0.481 e. The van der Waals surface area contributed by atoms with Crippen LogP contribution in [0.3, 0.4) is 0 Å². The second kappa shape index (κ2) is 11.9. The average Bonchev–Trinajstić information content (AvgIpc) is 2.54. The number of hydrogen-bond acceptors (Lipinski definition) is 7. The van der Waals surface area contributed by atoms with Gasteiger partial charge in [-0.3, -0.25) is 14.4 Å². The first kappa shape index (κ1) is 24.4. The predicted octanol–water partition coefficient (Wildman–Crippen LogP) is -1.12. The maximum atomic E-state index is 12.6. The fourth-order valence-electron chi connectivity index (χ4n) is 2.43. The Bertz CT molecular complexity index is 514.